The van der Waals surface area contributed by atoms with Crippen LogP contribution in [-0.2, 0) is 15.9 Å². The summed E-state index contributed by atoms with van der Waals surface area (Å²) in [5.74, 6) is -1.75. The average molecular weight is 327 g/mol. The van der Waals surface area contributed by atoms with Crippen molar-refractivity contribution in [1.82, 2.24) is 4.98 Å². The van der Waals surface area contributed by atoms with Crippen LogP contribution in [0.25, 0.3) is 0 Å². The van der Waals surface area contributed by atoms with Crippen LogP contribution < -0.4 is 0 Å². The van der Waals surface area contributed by atoms with E-state index >= 15 is 0 Å². The first-order chi connectivity index (χ1) is 11.5. The molecule has 1 aromatic carbocycles. The zero-order chi connectivity index (χ0) is 17.7. The Labute approximate surface area is 139 Å². The first-order valence-electron chi connectivity index (χ1n) is 7.33. The van der Waals surface area contributed by atoms with Crippen molar-refractivity contribution in [3.8, 4) is 0 Å². The quantitative estimate of drug-likeness (QED) is 0.620. The molecule has 0 amide bonds. The maximum absolute atomic E-state index is 12.9. The van der Waals surface area contributed by atoms with Gasteiger partial charge in [0.1, 0.15) is 5.69 Å². The number of hydrogen-bond acceptors (Lipinski definition) is 6. The van der Waals surface area contributed by atoms with Gasteiger partial charge in [-0.15, -0.1) is 0 Å². The molecule has 0 bridgehead atoms. The molecule has 0 aliphatic heterocycles. The summed E-state index contributed by atoms with van der Waals surface area (Å²) < 4.78 is 9.41. The Kier molecular flexibility index (Phi) is 5.42. The van der Waals surface area contributed by atoms with Crippen molar-refractivity contribution >= 4 is 17.7 Å². The first kappa shape index (κ1) is 17.3. The molecule has 124 valence electrons. The third-order valence-electron chi connectivity index (χ3n) is 3.49. The summed E-state index contributed by atoms with van der Waals surface area (Å²) in [5.41, 5.74) is 0.860. The number of carbonyl (C=O) groups is 3. The fourth-order valence-electron chi connectivity index (χ4n) is 2.32. The third-order valence-corrected chi connectivity index (χ3v) is 3.49. The molecule has 2 aromatic rings. The van der Waals surface area contributed by atoms with Crippen LogP contribution in [0.3, 0.4) is 0 Å². The van der Waals surface area contributed by atoms with E-state index in [1.807, 2.05) is 0 Å². The lowest BCUT2D eigenvalue weighted by molar-refractivity contribution is 0.0591. The Bertz CT molecular complexity index is 783. The zero-order valence-electron chi connectivity index (χ0n) is 13.7. The normalized spacial score (nSPS) is 10.1. The van der Waals surface area contributed by atoms with Crippen molar-refractivity contribution in [3.05, 3.63) is 64.5 Å². The summed E-state index contributed by atoms with van der Waals surface area (Å²) in [6.45, 7) is 1.78. The number of aromatic nitrogens is 1. The number of nitrogens with zero attached hydrogens (tertiary/aromatic N) is 1. The summed E-state index contributed by atoms with van der Waals surface area (Å²) in [6, 6.07) is 9.78. The highest BCUT2D eigenvalue weighted by Crippen LogP contribution is 2.21. The molecule has 0 N–H and O–H groups in total. The van der Waals surface area contributed by atoms with E-state index in [0.717, 1.165) is 0 Å². The standard InChI is InChI=1S/C18H17NO5/c1-4-13-15(16(20)11-8-6-5-7-9-11)12(17(21)23-2)10-14(19-13)18(22)24-3/h5-10H,4H2,1-3H3. The highest BCUT2D eigenvalue weighted by Gasteiger charge is 2.26. The van der Waals surface area contributed by atoms with E-state index in [0.29, 0.717) is 17.7 Å². The molecule has 0 aliphatic carbocycles. The predicted molar refractivity (Wildman–Crippen MR) is 86.2 cm³/mol. The highest BCUT2D eigenvalue weighted by molar-refractivity contribution is 6.15. The van der Waals surface area contributed by atoms with Crippen molar-refractivity contribution in [2.24, 2.45) is 0 Å². The van der Waals surface area contributed by atoms with Gasteiger partial charge < -0.3 is 9.47 Å². The molecule has 0 fully saturated rings. The lowest BCUT2D eigenvalue weighted by Crippen LogP contribution is -2.18. The van der Waals surface area contributed by atoms with Gasteiger partial charge in [0.15, 0.2) is 5.78 Å². The van der Waals surface area contributed by atoms with Gasteiger partial charge in [0.25, 0.3) is 0 Å². The molecule has 6 heteroatoms. The maximum Gasteiger partial charge on any atom is 0.356 e. The fourth-order valence-corrected chi connectivity index (χ4v) is 2.32. The number of methoxy groups -OCH3 is 2. The minimum absolute atomic E-state index is 0.00129. The van der Waals surface area contributed by atoms with E-state index in [1.165, 1.54) is 20.3 Å². The molecular weight excluding hydrogens is 310 g/mol. The van der Waals surface area contributed by atoms with Crippen LogP contribution in [0.2, 0.25) is 0 Å². The van der Waals surface area contributed by atoms with Gasteiger partial charge in [0.05, 0.1) is 31.0 Å². The number of rotatable bonds is 5. The van der Waals surface area contributed by atoms with Gasteiger partial charge in [-0.05, 0) is 12.5 Å². The van der Waals surface area contributed by atoms with Crippen LogP contribution in [0.4, 0.5) is 0 Å². The number of pyridine rings is 1. The first-order valence-corrected chi connectivity index (χ1v) is 7.33. The largest absolute Gasteiger partial charge is 0.465 e. The van der Waals surface area contributed by atoms with Crippen molar-refractivity contribution in [2.75, 3.05) is 14.2 Å². The van der Waals surface area contributed by atoms with E-state index < -0.39 is 11.9 Å². The number of esters is 2. The third kappa shape index (κ3) is 3.32. The lowest BCUT2D eigenvalue weighted by atomic mass is 9.95. The number of hydrogen-bond donors (Lipinski definition) is 0. The smallest absolute Gasteiger partial charge is 0.356 e. The second-order valence-electron chi connectivity index (χ2n) is 4.91. The molecule has 1 aromatic heterocycles. The summed E-state index contributed by atoms with van der Waals surface area (Å²) >= 11 is 0. The summed E-state index contributed by atoms with van der Waals surface area (Å²) in [5, 5.41) is 0. The van der Waals surface area contributed by atoms with E-state index in [1.54, 1.807) is 37.3 Å². The van der Waals surface area contributed by atoms with Crippen molar-refractivity contribution in [1.29, 1.82) is 0 Å². The molecule has 24 heavy (non-hydrogen) atoms. The summed E-state index contributed by atoms with van der Waals surface area (Å²) in [6.07, 6.45) is 0.364. The molecule has 0 atom stereocenters. The second-order valence-corrected chi connectivity index (χ2v) is 4.91. The molecule has 0 radical (unpaired) electrons. The van der Waals surface area contributed by atoms with Crippen LogP contribution in [0.15, 0.2) is 36.4 Å². The van der Waals surface area contributed by atoms with Crippen LogP contribution >= 0.6 is 0 Å². The van der Waals surface area contributed by atoms with Gasteiger partial charge in [-0.25, -0.2) is 14.6 Å². The fraction of sp³-hybridized carbons (Fsp3) is 0.222. The summed E-state index contributed by atoms with van der Waals surface area (Å²) in [4.78, 5) is 41.0. The second kappa shape index (κ2) is 7.50. The molecule has 6 nitrogen and oxygen atoms in total. The number of ketones is 1. The van der Waals surface area contributed by atoms with E-state index in [4.69, 9.17) is 4.74 Å². The van der Waals surface area contributed by atoms with Crippen molar-refractivity contribution < 1.29 is 23.9 Å². The van der Waals surface area contributed by atoms with Gasteiger partial charge >= 0.3 is 11.9 Å². The van der Waals surface area contributed by atoms with E-state index in [-0.39, 0.29) is 22.6 Å². The number of aryl methyl sites for hydroxylation is 1. The number of ether oxygens (including phenoxy) is 2. The Morgan fingerprint density at radius 2 is 1.62 bits per heavy atom. The Balaban J connectivity index is 2.70. The molecular formula is C18H17NO5. The maximum atomic E-state index is 12.9. The van der Waals surface area contributed by atoms with Gasteiger partial charge in [0.2, 0.25) is 0 Å². The molecule has 2 rings (SSSR count). The Morgan fingerprint density at radius 3 is 2.17 bits per heavy atom. The topological polar surface area (TPSA) is 82.6 Å². The van der Waals surface area contributed by atoms with Crippen molar-refractivity contribution in [3.63, 3.8) is 0 Å². The Hall–Kier alpha value is -3.02. The minimum Gasteiger partial charge on any atom is -0.465 e. The van der Waals surface area contributed by atoms with Crippen LogP contribution in [0, 0.1) is 0 Å². The van der Waals surface area contributed by atoms with Gasteiger partial charge in [-0.1, -0.05) is 37.3 Å². The predicted octanol–water partition coefficient (Wildman–Crippen LogP) is 2.45. The zero-order valence-corrected chi connectivity index (χ0v) is 13.7. The van der Waals surface area contributed by atoms with E-state index in [2.05, 4.69) is 9.72 Å². The number of benzene rings is 1. The van der Waals surface area contributed by atoms with Crippen LogP contribution in [-0.4, -0.2) is 36.9 Å². The van der Waals surface area contributed by atoms with Crippen molar-refractivity contribution in [2.45, 2.75) is 13.3 Å². The molecule has 0 saturated carbocycles. The molecule has 1 heterocycles. The lowest BCUT2D eigenvalue weighted by Gasteiger charge is -2.13. The Morgan fingerprint density at radius 1 is 1.00 bits per heavy atom. The van der Waals surface area contributed by atoms with Gasteiger partial charge in [0, 0.05) is 5.56 Å². The van der Waals surface area contributed by atoms with Crippen LogP contribution in [0.5, 0.6) is 0 Å². The molecule has 0 unspecified atom stereocenters. The highest BCUT2D eigenvalue weighted by atomic mass is 16.5. The van der Waals surface area contributed by atoms with Gasteiger partial charge in [-0.2, -0.15) is 0 Å². The average Bonchev–Trinajstić information content (AvgIpc) is 2.65. The van der Waals surface area contributed by atoms with E-state index in [9.17, 15) is 14.4 Å². The van der Waals surface area contributed by atoms with Crippen LogP contribution in [0.1, 0.15) is 49.4 Å². The molecule has 0 spiro atoms. The SMILES string of the molecule is CCc1nc(C(=O)OC)cc(C(=O)OC)c1C(=O)c1ccccc1. The molecule has 0 aliphatic rings. The summed E-state index contributed by atoms with van der Waals surface area (Å²) in [7, 11) is 2.43. The molecule has 0 saturated heterocycles. The monoisotopic (exact) mass is 327 g/mol. The number of carbonyl (C=O) groups excluding carboxylic acids is 3. The van der Waals surface area contributed by atoms with Gasteiger partial charge in [-0.3, -0.25) is 4.79 Å². The minimum atomic E-state index is -0.712.